The summed E-state index contributed by atoms with van der Waals surface area (Å²) in [6.07, 6.45) is 15.3. The highest BCUT2D eigenvalue weighted by Gasteiger charge is 2.38. The molecule has 0 amide bonds. The van der Waals surface area contributed by atoms with E-state index in [1.54, 1.807) is 0 Å². The number of ether oxygens (including phenoxy) is 1. The summed E-state index contributed by atoms with van der Waals surface area (Å²) in [5.41, 5.74) is 0.308. The average Bonchev–Trinajstić information content (AvgIpc) is 3.21. The molecule has 1 saturated heterocycles. The van der Waals surface area contributed by atoms with Gasteiger partial charge in [0.1, 0.15) is 0 Å². The molecule has 1 aliphatic heterocycles. The van der Waals surface area contributed by atoms with Gasteiger partial charge in [-0.05, 0) is 63.2 Å². The first kappa shape index (κ1) is 13.4. The van der Waals surface area contributed by atoms with E-state index in [1.165, 1.54) is 70.6 Å². The Morgan fingerprint density at radius 1 is 1.11 bits per heavy atom. The lowest BCUT2D eigenvalue weighted by Crippen LogP contribution is -2.41. The highest BCUT2D eigenvalue weighted by molar-refractivity contribution is 9.09. The van der Waals surface area contributed by atoms with Gasteiger partial charge >= 0.3 is 0 Å². The van der Waals surface area contributed by atoms with Crippen molar-refractivity contribution in [1.29, 1.82) is 0 Å². The van der Waals surface area contributed by atoms with Crippen molar-refractivity contribution in [3.05, 3.63) is 0 Å². The molecule has 3 aliphatic rings. The fourth-order valence-electron chi connectivity index (χ4n) is 4.01. The SMILES string of the molecule is BrC(CCC1CCOC2(CCCCC2)C1)C1CC1. The third-order valence-electron chi connectivity index (χ3n) is 5.34. The van der Waals surface area contributed by atoms with E-state index in [4.69, 9.17) is 4.74 Å². The van der Waals surface area contributed by atoms with Gasteiger partial charge in [0.05, 0.1) is 5.60 Å². The molecule has 3 fully saturated rings. The van der Waals surface area contributed by atoms with Gasteiger partial charge in [-0.3, -0.25) is 0 Å². The second kappa shape index (κ2) is 5.83. The fourth-order valence-corrected chi connectivity index (χ4v) is 4.80. The van der Waals surface area contributed by atoms with Crippen LogP contribution in [-0.4, -0.2) is 17.0 Å². The van der Waals surface area contributed by atoms with E-state index in [2.05, 4.69) is 15.9 Å². The van der Waals surface area contributed by atoms with Gasteiger partial charge in [-0.25, -0.2) is 0 Å². The van der Waals surface area contributed by atoms with Gasteiger partial charge in [0.15, 0.2) is 0 Å². The van der Waals surface area contributed by atoms with E-state index in [9.17, 15) is 0 Å². The number of rotatable bonds is 4. The zero-order valence-electron chi connectivity index (χ0n) is 11.5. The molecule has 0 aromatic carbocycles. The predicted octanol–water partition coefficient (Wildman–Crippen LogP) is 5.07. The average molecular weight is 315 g/mol. The van der Waals surface area contributed by atoms with Crippen LogP contribution in [0.5, 0.6) is 0 Å². The number of hydrogen-bond donors (Lipinski definition) is 0. The zero-order valence-corrected chi connectivity index (χ0v) is 13.1. The smallest absolute Gasteiger partial charge is 0.0685 e. The second-order valence-corrected chi connectivity index (χ2v) is 8.06. The summed E-state index contributed by atoms with van der Waals surface area (Å²) in [6, 6.07) is 0. The molecule has 18 heavy (non-hydrogen) atoms. The molecular formula is C16H27BrO. The normalized spacial score (nSPS) is 33.5. The van der Waals surface area contributed by atoms with Crippen molar-refractivity contribution in [2.75, 3.05) is 6.61 Å². The number of hydrogen-bond acceptors (Lipinski definition) is 1. The Kier molecular flexibility index (Phi) is 4.35. The molecule has 104 valence electrons. The second-order valence-electron chi connectivity index (χ2n) is 6.88. The predicted molar refractivity (Wildman–Crippen MR) is 79.2 cm³/mol. The van der Waals surface area contributed by atoms with Crippen molar-refractivity contribution in [2.45, 2.75) is 81.1 Å². The molecule has 0 aromatic heterocycles. The Hall–Kier alpha value is 0.440. The Morgan fingerprint density at radius 2 is 1.89 bits per heavy atom. The Balaban J connectivity index is 1.47. The molecule has 2 saturated carbocycles. The van der Waals surface area contributed by atoms with E-state index in [1.807, 2.05) is 0 Å². The van der Waals surface area contributed by atoms with Crippen LogP contribution in [-0.2, 0) is 4.74 Å². The number of halogens is 1. The summed E-state index contributed by atoms with van der Waals surface area (Å²) in [5.74, 6) is 1.95. The van der Waals surface area contributed by atoms with Crippen LogP contribution in [0.2, 0.25) is 0 Å². The molecular weight excluding hydrogens is 288 g/mol. The molecule has 0 N–H and O–H groups in total. The van der Waals surface area contributed by atoms with Gasteiger partial charge in [0, 0.05) is 11.4 Å². The lowest BCUT2D eigenvalue weighted by Gasteiger charge is -2.43. The first-order chi connectivity index (χ1) is 8.77. The molecule has 3 rings (SSSR count). The lowest BCUT2D eigenvalue weighted by atomic mass is 9.75. The van der Waals surface area contributed by atoms with Crippen molar-refractivity contribution in [3.8, 4) is 0 Å². The zero-order chi connectivity index (χ0) is 12.4. The van der Waals surface area contributed by atoms with E-state index >= 15 is 0 Å². The van der Waals surface area contributed by atoms with E-state index in [0.717, 1.165) is 23.3 Å². The molecule has 2 atom stereocenters. The van der Waals surface area contributed by atoms with Gasteiger partial charge in [0.2, 0.25) is 0 Å². The largest absolute Gasteiger partial charge is 0.375 e. The van der Waals surface area contributed by atoms with E-state index in [-0.39, 0.29) is 0 Å². The Bertz CT molecular complexity index is 263. The molecule has 0 radical (unpaired) electrons. The van der Waals surface area contributed by atoms with Crippen molar-refractivity contribution >= 4 is 15.9 Å². The van der Waals surface area contributed by atoms with Crippen LogP contribution < -0.4 is 0 Å². The minimum Gasteiger partial charge on any atom is -0.375 e. The summed E-state index contributed by atoms with van der Waals surface area (Å²) in [4.78, 5) is 0.808. The summed E-state index contributed by atoms with van der Waals surface area (Å²) >= 11 is 3.89. The monoisotopic (exact) mass is 314 g/mol. The van der Waals surface area contributed by atoms with Crippen LogP contribution in [0.15, 0.2) is 0 Å². The molecule has 1 spiro atoms. The molecule has 0 aromatic rings. The van der Waals surface area contributed by atoms with Gasteiger partial charge in [-0.15, -0.1) is 0 Å². The first-order valence-electron chi connectivity index (χ1n) is 8.05. The standard InChI is InChI=1S/C16H27BrO/c17-15(14-5-6-14)7-4-13-8-11-18-16(12-13)9-2-1-3-10-16/h13-15H,1-12H2. The van der Waals surface area contributed by atoms with Crippen LogP contribution in [0, 0.1) is 11.8 Å². The van der Waals surface area contributed by atoms with Crippen LogP contribution in [0.3, 0.4) is 0 Å². The van der Waals surface area contributed by atoms with Gasteiger partial charge in [-0.2, -0.15) is 0 Å². The highest BCUT2D eigenvalue weighted by Crippen LogP contribution is 2.44. The Labute approximate surface area is 120 Å². The highest BCUT2D eigenvalue weighted by atomic mass is 79.9. The molecule has 2 unspecified atom stereocenters. The third kappa shape index (κ3) is 3.30. The minimum atomic E-state index is 0.308. The molecule has 2 aliphatic carbocycles. The van der Waals surface area contributed by atoms with Crippen molar-refractivity contribution in [1.82, 2.24) is 0 Å². The van der Waals surface area contributed by atoms with Crippen LogP contribution in [0.1, 0.15) is 70.6 Å². The van der Waals surface area contributed by atoms with Gasteiger partial charge in [-0.1, -0.05) is 35.2 Å². The van der Waals surface area contributed by atoms with Crippen LogP contribution in [0.25, 0.3) is 0 Å². The van der Waals surface area contributed by atoms with Gasteiger partial charge < -0.3 is 4.74 Å². The summed E-state index contributed by atoms with van der Waals surface area (Å²) in [6.45, 7) is 1.03. The molecule has 0 bridgehead atoms. The quantitative estimate of drug-likeness (QED) is 0.658. The topological polar surface area (TPSA) is 9.23 Å². The summed E-state index contributed by atoms with van der Waals surface area (Å²) in [5, 5.41) is 0. The van der Waals surface area contributed by atoms with Crippen LogP contribution in [0.4, 0.5) is 0 Å². The molecule has 2 heteroatoms. The maximum absolute atomic E-state index is 6.19. The van der Waals surface area contributed by atoms with Crippen molar-refractivity contribution in [2.24, 2.45) is 11.8 Å². The first-order valence-corrected chi connectivity index (χ1v) is 8.97. The van der Waals surface area contributed by atoms with Crippen LogP contribution >= 0.6 is 15.9 Å². The summed E-state index contributed by atoms with van der Waals surface area (Å²) < 4.78 is 6.19. The fraction of sp³-hybridized carbons (Fsp3) is 1.00. The summed E-state index contributed by atoms with van der Waals surface area (Å²) in [7, 11) is 0. The maximum atomic E-state index is 6.19. The molecule has 1 nitrogen and oxygen atoms in total. The van der Waals surface area contributed by atoms with Crippen molar-refractivity contribution < 1.29 is 4.74 Å². The minimum absolute atomic E-state index is 0.308. The lowest BCUT2D eigenvalue weighted by molar-refractivity contribution is -0.118. The third-order valence-corrected chi connectivity index (χ3v) is 6.55. The maximum Gasteiger partial charge on any atom is 0.0685 e. The Morgan fingerprint density at radius 3 is 2.61 bits per heavy atom. The number of alkyl halides is 1. The molecule has 1 heterocycles. The van der Waals surface area contributed by atoms with Gasteiger partial charge in [0.25, 0.3) is 0 Å². The van der Waals surface area contributed by atoms with Crippen molar-refractivity contribution in [3.63, 3.8) is 0 Å². The van der Waals surface area contributed by atoms with E-state index in [0.29, 0.717) is 5.60 Å². The van der Waals surface area contributed by atoms with E-state index < -0.39 is 0 Å².